The quantitative estimate of drug-likeness (QED) is 0.259. The fraction of sp³-hybridized carbons (Fsp3) is 0.625. The van der Waals surface area contributed by atoms with Gasteiger partial charge < -0.3 is 9.29 Å². The molecule has 7 heteroatoms. The molecule has 0 saturated heterocycles. The maximum Gasteiger partial charge on any atom is 1.00 e. The van der Waals surface area contributed by atoms with Gasteiger partial charge in [-0.3, -0.25) is 0 Å². The van der Waals surface area contributed by atoms with E-state index in [4.69, 9.17) is 4.74 Å². The van der Waals surface area contributed by atoms with Crippen LogP contribution >= 0.6 is 12.6 Å². The van der Waals surface area contributed by atoms with E-state index in [1.54, 1.807) is 0 Å². The van der Waals surface area contributed by atoms with Crippen LogP contribution in [0.25, 0.3) is 0 Å². The number of thiol groups is 1. The SMILES string of the molecule is O=S(=O)([O-])c1ccc(OCCCCCCCCCCS)cc1.[Na+]. The van der Waals surface area contributed by atoms with Crippen molar-refractivity contribution in [2.24, 2.45) is 0 Å². The van der Waals surface area contributed by atoms with Crippen LogP contribution in [0.5, 0.6) is 5.75 Å². The summed E-state index contributed by atoms with van der Waals surface area (Å²) < 4.78 is 37.9. The maximum absolute atomic E-state index is 10.8. The van der Waals surface area contributed by atoms with Crippen molar-refractivity contribution < 1.29 is 47.3 Å². The van der Waals surface area contributed by atoms with E-state index in [0.29, 0.717) is 12.4 Å². The standard InChI is InChI=1S/C16H26O4S2.Na/c17-22(18,19)16-11-9-15(10-12-16)20-13-7-5-3-1-2-4-6-8-14-21;/h9-12,21H,1-8,13-14H2,(H,17,18,19);/q;+1/p-1. The Labute approximate surface area is 167 Å². The second-order valence-electron chi connectivity index (χ2n) is 5.33. The van der Waals surface area contributed by atoms with E-state index in [9.17, 15) is 13.0 Å². The summed E-state index contributed by atoms with van der Waals surface area (Å²) in [5, 5.41) is 0. The minimum Gasteiger partial charge on any atom is -0.744 e. The summed E-state index contributed by atoms with van der Waals surface area (Å²) in [5.74, 6) is 1.58. The molecule has 0 heterocycles. The number of rotatable bonds is 12. The molecule has 0 atom stereocenters. The predicted octanol–water partition coefficient (Wildman–Crippen LogP) is 1.02. The van der Waals surface area contributed by atoms with Crippen LogP contribution in [0.4, 0.5) is 0 Å². The third-order valence-electron chi connectivity index (χ3n) is 3.43. The van der Waals surface area contributed by atoms with Crippen molar-refractivity contribution >= 4 is 22.7 Å². The largest absolute Gasteiger partial charge is 1.00 e. The van der Waals surface area contributed by atoms with Gasteiger partial charge in [-0.25, -0.2) is 8.42 Å². The monoisotopic (exact) mass is 368 g/mol. The second-order valence-corrected chi connectivity index (χ2v) is 7.15. The molecule has 0 bridgehead atoms. The fourth-order valence-electron chi connectivity index (χ4n) is 2.17. The van der Waals surface area contributed by atoms with Gasteiger partial charge in [0.1, 0.15) is 15.9 Å². The third-order valence-corrected chi connectivity index (χ3v) is 4.60. The summed E-state index contributed by atoms with van der Waals surface area (Å²) in [4.78, 5) is -0.224. The molecule has 0 amide bonds. The van der Waals surface area contributed by atoms with Crippen LogP contribution in [0.2, 0.25) is 0 Å². The van der Waals surface area contributed by atoms with Crippen LogP contribution in [0.1, 0.15) is 51.4 Å². The molecule has 1 rings (SSSR count). The van der Waals surface area contributed by atoms with Crippen LogP contribution in [-0.4, -0.2) is 25.3 Å². The van der Waals surface area contributed by atoms with Gasteiger partial charge in [-0.2, -0.15) is 12.6 Å². The summed E-state index contributed by atoms with van der Waals surface area (Å²) in [6.07, 6.45) is 9.69. The van der Waals surface area contributed by atoms with Crippen molar-refractivity contribution in [3.05, 3.63) is 24.3 Å². The van der Waals surface area contributed by atoms with E-state index in [0.717, 1.165) is 18.6 Å². The molecule has 0 spiro atoms. The normalized spacial score (nSPS) is 11.0. The smallest absolute Gasteiger partial charge is 0.744 e. The van der Waals surface area contributed by atoms with Crippen LogP contribution in [-0.2, 0) is 10.1 Å². The van der Waals surface area contributed by atoms with E-state index in [1.807, 2.05) is 0 Å². The Kier molecular flexibility index (Phi) is 13.7. The Hall–Kier alpha value is 0.280. The van der Waals surface area contributed by atoms with E-state index < -0.39 is 10.1 Å². The molecule has 1 aromatic rings. The predicted molar refractivity (Wildman–Crippen MR) is 90.7 cm³/mol. The van der Waals surface area contributed by atoms with Gasteiger partial charge in [0.25, 0.3) is 0 Å². The molecule has 0 saturated carbocycles. The van der Waals surface area contributed by atoms with Gasteiger partial charge in [0.05, 0.1) is 11.5 Å². The Morgan fingerprint density at radius 3 is 1.83 bits per heavy atom. The van der Waals surface area contributed by atoms with Gasteiger partial charge in [-0.1, -0.05) is 38.5 Å². The Morgan fingerprint density at radius 1 is 0.870 bits per heavy atom. The molecular formula is C16H25NaO4S2. The molecular weight excluding hydrogens is 343 g/mol. The molecule has 0 N–H and O–H groups in total. The molecule has 0 aromatic heterocycles. The maximum atomic E-state index is 10.8. The minimum atomic E-state index is -4.37. The number of ether oxygens (including phenoxy) is 1. The zero-order valence-electron chi connectivity index (χ0n) is 13.9. The third kappa shape index (κ3) is 11.5. The molecule has 0 aliphatic carbocycles. The summed E-state index contributed by atoms with van der Waals surface area (Å²) >= 11 is 4.19. The van der Waals surface area contributed by atoms with Crippen LogP contribution in [0.15, 0.2) is 29.2 Å². The summed E-state index contributed by atoms with van der Waals surface area (Å²) in [5.41, 5.74) is 0. The molecule has 0 unspecified atom stereocenters. The first-order valence-corrected chi connectivity index (χ1v) is 9.88. The molecule has 4 nitrogen and oxygen atoms in total. The topological polar surface area (TPSA) is 66.4 Å². The van der Waals surface area contributed by atoms with Crippen LogP contribution in [0.3, 0.4) is 0 Å². The van der Waals surface area contributed by atoms with Crippen molar-refractivity contribution in [3.8, 4) is 5.75 Å². The average molecular weight is 368 g/mol. The molecule has 0 aliphatic heterocycles. The van der Waals surface area contributed by atoms with E-state index >= 15 is 0 Å². The first-order valence-electron chi connectivity index (χ1n) is 7.83. The molecule has 0 radical (unpaired) electrons. The Bertz CT molecular complexity index is 503. The summed E-state index contributed by atoms with van der Waals surface area (Å²) in [6.45, 7) is 0.614. The minimum absolute atomic E-state index is 0. The van der Waals surface area contributed by atoms with Crippen molar-refractivity contribution in [1.82, 2.24) is 0 Å². The van der Waals surface area contributed by atoms with Gasteiger partial charge in [0.15, 0.2) is 0 Å². The number of hydrogen-bond donors (Lipinski definition) is 1. The summed E-state index contributed by atoms with van der Waals surface area (Å²) in [7, 11) is -4.37. The van der Waals surface area contributed by atoms with E-state index in [1.165, 1.54) is 62.8 Å². The molecule has 0 fully saturated rings. The fourth-order valence-corrected chi connectivity index (χ4v) is 2.86. The van der Waals surface area contributed by atoms with Crippen molar-refractivity contribution in [1.29, 1.82) is 0 Å². The first kappa shape index (κ1) is 23.3. The number of hydrogen-bond acceptors (Lipinski definition) is 5. The number of benzene rings is 1. The van der Waals surface area contributed by atoms with Gasteiger partial charge in [-0.05, 0) is 42.9 Å². The van der Waals surface area contributed by atoms with Gasteiger partial charge >= 0.3 is 29.6 Å². The number of unbranched alkanes of at least 4 members (excludes halogenated alkanes) is 7. The Balaban J connectivity index is 0.00000484. The van der Waals surface area contributed by atoms with Crippen molar-refractivity contribution in [2.45, 2.75) is 56.3 Å². The van der Waals surface area contributed by atoms with E-state index in [-0.39, 0.29) is 34.5 Å². The summed E-state index contributed by atoms with van der Waals surface area (Å²) in [6, 6.07) is 5.60. The molecule has 126 valence electrons. The molecule has 0 aliphatic rings. The van der Waals surface area contributed by atoms with E-state index in [2.05, 4.69) is 12.6 Å². The van der Waals surface area contributed by atoms with Crippen molar-refractivity contribution in [2.75, 3.05) is 12.4 Å². The van der Waals surface area contributed by atoms with Gasteiger partial charge in [-0.15, -0.1) is 0 Å². The second kappa shape index (κ2) is 13.6. The zero-order chi connectivity index (χ0) is 16.3. The van der Waals surface area contributed by atoms with Gasteiger partial charge in [0, 0.05) is 0 Å². The zero-order valence-corrected chi connectivity index (χ0v) is 17.6. The molecule has 1 aromatic carbocycles. The van der Waals surface area contributed by atoms with Crippen molar-refractivity contribution in [3.63, 3.8) is 0 Å². The molecule has 23 heavy (non-hydrogen) atoms. The van der Waals surface area contributed by atoms with Crippen LogP contribution in [0, 0.1) is 0 Å². The van der Waals surface area contributed by atoms with Gasteiger partial charge in [0.2, 0.25) is 0 Å². The average Bonchev–Trinajstić information content (AvgIpc) is 2.49. The Morgan fingerprint density at radius 2 is 1.35 bits per heavy atom. The first-order chi connectivity index (χ1) is 10.5. The van der Waals surface area contributed by atoms with Crippen LogP contribution < -0.4 is 34.3 Å².